The molecule has 1 N–H and O–H groups in total. The SMILES string of the molecule is CCOC(=O)C1=C(C)N=c2s/c(=C\c3cc(OC)c(OCC(=O)O)cc3Br)c(=O)n2[C@@H]1c1ccc(OC(C)C)c(OC)c1. The van der Waals surface area contributed by atoms with Crippen molar-refractivity contribution in [1.82, 2.24) is 4.57 Å². The number of carboxylic acid groups (broad SMARTS) is 1. The van der Waals surface area contributed by atoms with Gasteiger partial charge in [-0.25, -0.2) is 14.6 Å². The molecule has 0 radical (unpaired) electrons. The Kier molecular flexibility index (Phi) is 9.97. The molecule has 1 aliphatic heterocycles. The maximum Gasteiger partial charge on any atom is 0.341 e. The van der Waals surface area contributed by atoms with E-state index in [9.17, 15) is 14.4 Å². The second-order valence-corrected chi connectivity index (χ2v) is 11.4. The van der Waals surface area contributed by atoms with Crippen LogP contribution in [-0.2, 0) is 14.3 Å². The van der Waals surface area contributed by atoms with Crippen molar-refractivity contribution in [2.45, 2.75) is 39.8 Å². The first-order valence-corrected chi connectivity index (χ1v) is 14.9. The monoisotopic (exact) mass is 674 g/mol. The van der Waals surface area contributed by atoms with Crippen LogP contribution in [0.4, 0.5) is 0 Å². The summed E-state index contributed by atoms with van der Waals surface area (Å²) in [4.78, 5) is 43.2. The molecule has 1 aromatic heterocycles. The lowest BCUT2D eigenvalue weighted by atomic mass is 9.95. The zero-order chi connectivity index (χ0) is 31.4. The van der Waals surface area contributed by atoms with Crippen LogP contribution in [0.1, 0.15) is 44.9 Å². The molecule has 0 amide bonds. The maximum absolute atomic E-state index is 14.0. The van der Waals surface area contributed by atoms with Gasteiger partial charge in [0.1, 0.15) is 0 Å². The summed E-state index contributed by atoms with van der Waals surface area (Å²) in [6.45, 7) is 6.84. The molecule has 2 aromatic carbocycles. The van der Waals surface area contributed by atoms with E-state index in [2.05, 4.69) is 20.9 Å². The number of allylic oxidation sites excluding steroid dienone is 1. The number of hydrogen-bond donors (Lipinski definition) is 1. The Morgan fingerprint density at radius 3 is 2.44 bits per heavy atom. The van der Waals surface area contributed by atoms with Crippen molar-refractivity contribution in [2.24, 2.45) is 4.99 Å². The number of benzene rings is 2. The molecule has 2 heterocycles. The van der Waals surface area contributed by atoms with Crippen LogP contribution in [0.2, 0.25) is 0 Å². The molecule has 0 saturated heterocycles. The van der Waals surface area contributed by atoms with Gasteiger partial charge in [0.05, 0.1) is 48.8 Å². The minimum absolute atomic E-state index is 0.0922. The third-order valence-corrected chi connectivity index (χ3v) is 7.97. The first-order valence-electron chi connectivity index (χ1n) is 13.2. The molecule has 0 saturated carbocycles. The normalized spacial score (nSPS) is 14.7. The molecule has 13 heteroatoms. The van der Waals surface area contributed by atoms with Gasteiger partial charge in [-0.3, -0.25) is 9.36 Å². The fourth-order valence-electron chi connectivity index (χ4n) is 4.53. The summed E-state index contributed by atoms with van der Waals surface area (Å²) >= 11 is 4.64. The lowest BCUT2D eigenvalue weighted by molar-refractivity contribution is -0.140. The number of rotatable bonds is 11. The van der Waals surface area contributed by atoms with Crippen molar-refractivity contribution >= 4 is 45.3 Å². The summed E-state index contributed by atoms with van der Waals surface area (Å²) in [5.74, 6) is -0.209. The van der Waals surface area contributed by atoms with E-state index in [1.54, 1.807) is 50.3 Å². The zero-order valence-electron chi connectivity index (χ0n) is 24.4. The lowest BCUT2D eigenvalue weighted by Crippen LogP contribution is -2.40. The number of ether oxygens (including phenoxy) is 5. The standard InChI is InChI=1S/C30H31BrN2O9S/c1-7-40-29(37)26-16(4)32-30-33(27(26)17-8-9-20(42-15(2)3)21(10-17)38-5)28(36)24(43-30)12-18-11-22(39-6)23(13-19(18)31)41-14-25(34)35/h8-13,15,27H,7,14H2,1-6H3,(H,34,35)/b24-12-/t27-/m1/s1. The molecular formula is C30H31BrN2O9S. The van der Waals surface area contributed by atoms with E-state index in [0.29, 0.717) is 42.1 Å². The number of esters is 1. The summed E-state index contributed by atoms with van der Waals surface area (Å²) in [5, 5.41) is 8.98. The number of methoxy groups -OCH3 is 2. The second kappa shape index (κ2) is 13.5. The third kappa shape index (κ3) is 6.78. The number of fused-ring (bicyclic) bond motifs is 1. The number of carbonyl (C=O) groups is 2. The lowest BCUT2D eigenvalue weighted by Gasteiger charge is -2.25. The van der Waals surface area contributed by atoms with Gasteiger partial charge in [0, 0.05) is 4.47 Å². The summed E-state index contributed by atoms with van der Waals surface area (Å²) in [5.41, 5.74) is 1.49. The fourth-order valence-corrected chi connectivity index (χ4v) is 6.00. The molecule has 43 heavy (non-hydrogen) atoms. The van der Waals surface area contributed by atoms with Crippen LogP contribution in [0, 0.1) is 0 Å². The first-order chi connectivity index (χ1) is 20.5. The number of halogens is 1. The van der Waals surface area contributed by atoms with Gasteiger partial charge in [-0.15, -0.1) is 0 Å². The molecule has 1 aliphatic rings. The third-order valence-electron chi connectivity index (χ3n) is 6.30. The molecule has 0 unspecified atom stereocenters. The Morgan fingerprint density at radius 2 is 1.81 bits per heavy atom. The Bertz CT molecular complexity index is 1770. The number of carboxylic acids is 1. The van der Waals surface area contributed by atoms with Gasteiger partial charge in [0.25, 0.3) is 5.56 Å². The van der Waals surface area contributed by atoms with Crippen molar-refractivity contribution in [2.75, 3.05) is 27.4 Å². The number of aliphatic carboxylic acids is 1. The quantitative estimate of drug-likeness (QED) is 0.301. The number of thiazole rings is 1. The maximum atomic E-state index is 14.0. The minimum Gasteiger partial charge on any atom is -0.493 e. The van der Waals surface area contributed by atoms with Crippen LogP contribution in [0.5, 0.6) is 23.0 Å². The van der Waals surface area contributed by atoms with Gasteiger partial charge < -0.3 is 28.8 Å². The molecule has 0 spiro atoms. The molecule has 3 aromatic rings. The van der Waals surface area contributed by atoms with Crippen LogP contribution in [-0.4, -0.2) is 55.1 Å². The van der Waals surface area contributed by atoms with E-state index in [0.717, 1.165) is 11.3 Å². The highest BCUT2D eigenvalue weighted by Crippen LogP contribution is 2.37. The summed E-state index contributed by atoms with van der Waals surface area (Å²) in [7, 11) is 2.95. The van der Waals surface area contributed by atoms with E-state index in [-0.39, 0.29) is 35.3 Å². The topological polar surface area (TPSA) is 135 Å². The molecule has 228 valence electrons. The minimum atomic E-state index is -1.13. The van der Waals surface area contributed by atoms with E-state index in [1.807, 2.05) is 13.8 Å². The molecule has 0 bridgehead atoms. The molecule has 0 fully saturated rings. The predicted octanol–water partition coefficient (Wildman–Crippen LogP) is 3.83. The fraction of sp³-hybridized carbons (Fsp3) is 0.333. The van der Waals surface area contributed by atoms with E-state index in [1.165, 1.54) is 18.8 Å². The number of aromatic nitrogens is 1. The number of nitrogens with zero attached hydrogens (tertiary/aromatic N) is 2. The number of hydrogen-bond acceptors (Lipinski definition) is 10. The summed E-state index contributed by atoms with van der Waals surface area (Å²) in [6, 6.07) is 7.64. The van der Waals surface area contributed by atoms with E-state index < -0.39 is 24.6 Å². The van der Waals surface area contributed by atoms with Gasteiger partial charge in [-0.2, -0.15) is 0 Å². The van der Waals surface area contributed by atoms with Crippen LogP contribution < -0.4 is 33.8 Å². The largest absolute Gasteiger partial charge is 0.493 e. The molecule has 0 aliphatic carbocycles. The Balaban J connectivity index is 1.91. The zero-order valence-corrected chi connectivity index (χ0v) is 26.8. The van der Waals surface area contributed by atoms with Gasteiger partial charge in [-0.1, -0.05) is 33.3 Å². The second-order valence-electron chi connectivity index (χ2n) is 9.59. The average Bonchev–Trinajstić information content (AvgIpc) is 3.26. The van der Waals surface area contributed by atoms with Crippen LogP contribution in [0.25, 0.3) is 6.08 Å². The van der Waals surface area contributed by atoms with Crippen LogP contribution in [0.15, 0.2) is 55.9 Å². The number of carbonyl (C=O) groups excluding carboxylic acids is 1. The predicted molar refractivity (Wildman–Crippen MR) is 163 cm³/mol. The Labute approximate surface area is 259 Å². The van der Waals surface area contributed by atoms with Crippen molar-refractivity contribution in [3.05, 3.63) is 76.9 Å². The highest BCUT2D eigenvalue weighted by atomic mass is 79.9. The molecular weight excluding hydrogens is 644 g/mol. The summed E-state index contributed by atoms with van der Waals surface area (Å²) < 4.78 is 29.9. The smallest absolute Gasteiger partial charge is 0.341 e. The van der Waals surface area contributed by atoms with Crippen LogP contribution in [0.3, 0.4) is 0 Å². The van der Waals surface area contributed by atoms with Crippen molar-refractivity contribution < 1.29 is 38.4 Å². The highest BCUT2D eigenvalue weighted by molar-refractivity contribution is 9.10. The Morgan fingerprint density at radius 1 is 1.12 bits per heavy atom. The van der Waals surface area contributed by atoms with Gasteiger partial charge >= 0.3 is 11.9 Å². The highest BCUT2D eigenvalue weighted by Gasteiger charge is 2.34. The van der Waals surface area contributed by atoms with E-state index in [4.69, 9.17) is 28.8 Å². The average molecular weight is 676 g/mol. The van der Waals surface area contributed by atoms with Crippen molar-refractivity contribution in [3.8, 4) is 23.0 Å². The van der Waals surface area contributed by atoms with Crippen LogP contribution >= 0.6 is 27.3 Å². The molecule has 4 rings (SSSR count). The van der Waals surface area contributed by atoms with Crippen molar-refractivity contribution in [3.63, 3.8) is 0 Å². The first kappa shape index (κ1) is 31.8. The van der Waals surface area contributed by atoms with Crippen molar-refractivity contribution in [1.29, 1.82) is 0 Å². The van der Waals surface area contributed by atoms with E-state index >= 15 is 0 Å². The van der Waals surface area contributed by atoms with Gasteiger partial charge in [-0.05, 0) is 69.2 Å². The Hall–Kier alpha value is -4.10. The van der Waals surface area contributed by atoms with Gasteiger partial charge in [0.2, 0.25) is 0 Å². The van der Waals surface area contributed by atoms with Gasteiger partial charge in [0.15, 0.2) is 34.4 Å². The molecule has 1 atom stereocenters. The molecule has 11 nitrogen and oxygen atoms in total. The summed E-state index contributed by atoms with van der Waals surface area (Å²) in [6.07, 6.45) is 1.57.